The molecule has 10 heteroatoms. The zero-order valence-electron chi connectivity index (χ0n) is 13.7. The van der Waals surface area contributed by atoms with E-state index >= 15 is 0 Å². The first kappa shape index (κ1) is 17.8. The van der Waals surface area contributed by atoms with Gasteiger partial charge >= 0.3 is 5.69 Å². The van der Waals surface area contributed by atoms with Gasteiger partial charge in [0, 0.05) is 57.4 Å². The van der Waals surface area contributed by atoms with Gasteiger partial charge in [0.05, 0.1) is 4.92 Å². The number of nitrogens with zero attached hydrogens (tertiary/aromatic N) is 4. The number of thiophene rings is 1. The Morgan fingerprint density at radius 2 is 2.04 bits per heavy atom. The van der Waals surface area contributed by atoms with E-state index in [1.165, 1.54) is 0 Å². The summed E-state index contributed by atoms with van der Waals surface area (Å²) in [6.45, 7) is 3.51. The lowest BCUT2D eigenvalue weighted by atomic mass is 10.2. The standard InChI is InChI=1S/C15H18N4O4S2/c1-25(22,23)14-9-13(19(20)21)15(24-14)18-7-5-17(6-8-18)11-12-3-2-4-16-10-12/h2-4,9-10H,5-8,11H2,1H3. The molecular formula is C15H18N4O4S2. The van der Waals surface area contributed by atoms with Gasteiger partial charge in [-0.1, -0.05) is 17.4 Å². The summed E-state index contributed by atoms with van der Waals surface area (Å²) < 4.78 is 23.5. The number of sulfone groups is 1. The Labute approximate surface area is 149 Å². The van der Waals surface area contributed by atoms with E-state index in [-0.39, 0.29) is 9.90 Å². The molecule has 0 unspecified atom stereocenters. The summed E-state index contributed by atoms with van der Waals surface area (Å²) >= 11 is 0.974. The number of nitro groups is 1. The first-order valence-electron chi connectivity index (χ1n) is 7.69. The highest BCUT2D eigenvalue weighted by molar-refractivity contribution is 7.92. The smallest absolute Gasteiger partial charge is 0.305 e. The van der Waals surface area contributed by atoms with Crippen LogP contribution in [-0.2, 0) is 16.4 Å². The molecule has 2 aromatic rings. The third-order valence-electron chi connectivity index (χ3n) is 4.02. The van der Waals surface area contributed by atoms with E-state index in [2.05, 4.69) is 9.88 Å². The van der Waals surface area contributed by atoms with Crippen molar-refractivity contribution in [3.63, 3.8) is 0 Å². The van der Waals surface area contributed by atoms with Crippen LogP contribution < -0.4 is 4.90 Å². The van der Waals surface area contributed by atoms with Gasteiger partial charge in [0.25, 0.3) is 0 Å². The molecule has 25 heavy (non-hydrogen) atoms. The Kier molecular flexibility index (Phi) is 5.02. The maximum atomic E-state index is 11.7. The third kappa shape index (κ3) is 4.14. The highest BCUT2D eigenvalue weighted by Gasteiger charge is 2.29. The summed E-state index contributed by atoms with van der Waals surface area (Å²) in [5, 5.41) is 11.7. The number of piperazine rings is 1. The van der Waals surface area contributed by atoms with Crippen LogP contribution in [0.3, 0.4) is 0 Å². The number of hydrogen-bond acceptors (Lipinski definition) is 8. The maximum Gasteiger partial charge on any atom is 0.305 e. The van der Waals surface area contributed by atoms with Crippen molar-refractivity contribution in [1.82, 2.24) is 9.88 Å². The minimum Gasteiger partial charge on any atom is -0.355 e. The topological polar surface area (TPSA) is 96.6 Å². The van der Waals surface area contributed by atoms with E-state index in [1.54, 1.807) is 6.20 Å². The molecule has 1 saturated heterocycles. The Morgan fingerprint density at radius 1 is 1.32 bits per heavy atom. The molecule has 1 aliphatic rings. The Bertz CT molecular complexity index is 859. The largest absolute Gasteiger partial charge is 0.355 e. The molecule has 0 radical (unpaired) electrons. The number of pyridine rings is 1. The van der Waals surface area contributed by atoms with Crippen LogP contribution in [0.2, 0.25) is 0 Å². The predicted octanol–water partition coefficient (Wildman–Crippen LogP) is 1.78. The third-order valence-corrected chi connectivity index (χ3v) is 7.01. The van der Waals surface area contributed by atoms with Crippen molar-refractivity contribution < 1.29 is 13.3 Å². The second kappa shape index (κ2) is 7.06. The van der Waals surface area contributed by atoms with E-state index in [1.807, 2.05) is 23.2 Å². The zero-order chi connectivity index (χ0) is 18.0. The van der Waals surface area contributed by atoms with Crippen LogP contribution in [0.4, 0.5) is 10.7 Å². The van der Waals surface area contributed by atoms with Crippen molar-refractivity contribution in [2.45, 2.75) is 10.8 Å². The van der Waals surface area contributed by atoms with Gasteiger partial charge in [-0.15, -0.1) is 0 Å². The molecule has 1 aliphatic heterocycles. The van der Waals surface area contributed by atoms with Crippen molar-refractivity contribution in [3.8, 4) is 0 Å². The minimum absolute atomic E-state index is 0.0342. The lowest BCUT2D eigenvalue weighted by molar-refractivity contribution is -0.383. The lowest BCUT2D eigenvalue weighted by Crippen LogP contribution is -2.45. The summed E-state index contributed by atoms with van der Waals surface area (Å²) in [5.41, 5.74) is 0.989. The van der Waals surface area contributed by atoms with Crippen LogP contribution >= 0.6 is 11.3 Å². The zero-order valence-corrected chi connectivity index (χ0v) is 15.3. The fourth-order valence-electron chi connectivity index (χ4n) is 2.75. The number of anilines is 1. The van der Waals surface area contributed by atoms with Crippen LogP contribution in [-0.4, -0.2) is 55.7 Å². The molecule has 0 amide bonds. The molecule has 1 fully saturated rings. The fraction of sp³-hybridized carbons (Fsp3) is 0.400. The van der Waals surface area contributed by atoms with E-state index in [0.717, 1.165) is 48.9 Å². The number of aromatic nitrogens is 1. The molecule has 0 aliphatic carbocycles. The molecule has 0 atom stereocenters. The molecule has 0 N–H and O–H groups in total. The molecular weight excluding hydrogens is 364 g/mol. The fourth-order valence-corrected chi connectivity index (χ4v) is 4.83. The van der Waals surface area contributed by atoms with Gasteiger partial charge in [0.15, 0.2) is 14.8 Å². The molecule has 8 nitrogen and oxygen atoms in total. The summed E-state index contributed by atoms with van der Waals surface area (Å²) in [5.74, 6) is 0. The summed E-state index contributed by atoms with van der Waals surface area (Å²) in [6.07, 6.45) is 4.63. The van der Waals surface area contributed by atoms with Gasteiger partial charge in [-0.25, -0.2) is 8.42 Å². The van der Waals surface area contributed by atoms with Gasteiger partial charge in [-0.2, -0.15) is 0 Å². The molecule has 0 saturated carbocycles. The molecule has 134 valence electrons. The molecule has 0 aromatic carbocycles. The monoisotopic (exact) mass is 382 g/mol. The van der Waals surface area contributed by atoms with Crippen molar-refractivity contribution >= 4 is 31.9 Å². The highest BCUT2D eigenvalue weighted by atomic mass is 32.2. The van der Waals surface area contributed by atoms with Crippen molar-refractivity contribution in [3.05, 3.63) is 46.3 Å². The Hall–Kier alpha value is -2.04. The van der Waals surface area contributed by atoms with Gasteiger partial charge in [-0.05, 0) is 11.6 Å². The van der Waals surface area contributed by atoms with Gasteiger partial charge in [-0.3, -0.25) is 20.0 Å². The minimum atomic E-state index is -3.46. The summed E-state index contributed by atoms with van der Waals surface area (Å²) in [4.78, 5) is 19.0. The van der Waals surface area contributed by atoms with Crippen LogP contribution in [0.15, 0.2) is 34.8 Å². The van der Waals surface area contributed by atoms with E-state index < -0.39 is 14.8 Å². The summed E-state index contributed by atoms with van der Waals surface area (Å²) in [7, 11) is -3.46. The number of hydrogen-bond donors (Lipinski definition) is 0. The van der Waals surface area contributed by atoms with Crippen LogP contribution in [0, 0.1) is 10.1 Å². The average molecular weight is 382 g/mol. The van der Waals surface area contributed by atoms with Crippen molar-refractivity contribution in [1.29, 1.82) is 0 Å². The average Bonchev–Trinajstić information content (AvgIpc) is 3.02. The van der Waals surface area contributed by atoms with Gasteiger partial charge < -0.3 is 4.90 Å². The molecule has 3 heterocycles. The predicted molar refractivity (Wildman–Crippen MR) is 95.8 cm³/mol. The van der Waals surface area contributed by atoms with E-state index in [9.17, 15) is 18.5 Å². The van der Waals surface area contributed by atoms with Gasteiger partial charge in [0.2, 0.25) is 0 Å². The van der Waals surface area contributed by atoms with Crippen LogP contribution in [0.1, 0.15) is 5.56 Å². The van der Waals surface area contributed by atoms with Crippen molar-refractivity contribution in [2.24, 2.45) is 0 Å². The number of rotatable bonds is 5. The van der Waals surface area contributed by atoms with Crippen LogP contribution in [0.5, 0.6) is 0 Å². The maximum absolute atomic E-state index is 11.7. The normalized spacial score (nSPS) is 16.1. The second-order valence-corrected chi connectivity index (χ2v) is 9.18. The highest BCUT2D eigenvalue weighted by Crippen LogP contribution is 2.40. The van der Waals surface area contributed by atoms with E-state index in [0.29, 0.717) is 18.1 Å². The molecule has 0 spiro atoms. The van der Waals surface area contributed by atoms with Crippen molar-refractivity contribution in [2.75, 3.05) is 37.3 Å². The quantitative estimate of drug-likeness (QED) is 0.574. The van der Waals surface area contributed by atoms with E-state index in [4.69, 9.17) is 0 Å². The lowest BCUT2D eigenvalue weighted by Gasteiger charge is -2.34. The molecule has 2 aromatic heterocycles. The van der Waals surface area contributed by atoms with Crippen LogP contribution in [0.25, 0.3) is 0 Å². The Balaban J connectivity index is 1.72. The molecule has 0 bridgehead atoms. The Morgan fingerprint density at radius 3 is 2.60 bits per heavy atom. The summed E-state index contributed by atoms with van der Waals surface area (Å²) in [6, 6.07) is 5.08. The first-order valence-corrected chi connectivity index (χ1v) is 10.4. The van der Waals surface area contributed by atoms with Gasteiger partial charge in [0.1, 0.15) is 4.21 Å². The SMILES string of the molecule is CS(=O)(=O)c1cc([N+](=O)[O-])c(N2CCN(Cc3cccnc3)CC2)s1. The second-order valence-electron chi connectivity index (χ2n) is 5.91. The first-order chi connectivity index (χ1) is 11.8. The molecule has 3 rings (SSSR count).